The molecule has 1 aliphatic carbocycles. The van der Waals surface area contributed by atoms with Crippen molar-refractivity contribution in [3.05, 3.63) is 20.8 Å². The van der Waals surface area contributed by atoms with Crippen LogP contribution in [0.25, 0.3) is 10.2 Å². The normalized spacial score (nSPS) is 19.4. The molecule has 0 unspecified atom stereocenters. The first kappa shape index (κ1) is 19.0. The van der Waals surface area contributed by atoms with Gasteiger partial charge in [0, 0.05) is 30.7 Å². The SMILES string of the molecule is CC(=O)NCCSc1nc2sc3c(c2c(=O)n1C[C@@H]1CCCO1)CCCC3. The standard InChI is InChI=1S/C19H25N3O3S2/c1-12(23)20-8-10-26-19-21-17-16(14-6-2-3-7-15(14)27-17)18(24)22(19)11-13-5-4-9-25-13/h13H,2-11H2,1H3,(H,20,23)/t13-/m0/s1. The van der Waals surface area contributed by atoms with Crippen molar-refractivity contribution < 1.29 is 9.53 Å². The van der Waals surface area contributed by atoms with Gasteiger partial charge in [-0.2, -0.15) is 0 Å². The van der Waals surface area contributed by atoms with E-state index in [1.807, 2.05) is 4.57 Å². The van der Waals surface area contributed by atoms with Crippen molar-refractivity contribution >= 4 is 39.2 Å². The van der Waals surface area contributed by atoms with Crippen LogP contribution in [0.5, 0.6) is 0 Å². The molecule has 1 atom stereocenters. The number of carbonyl (C=O) groups is 1. The zero-order chi connectivity index (χ0) is 18.8. The van der Waals surface area contributed by atoms with Gasteiger partial charge >= 0.3 is 0 Å². The molecule has 146 valence electrons. The van der Waals surface area contributed by atoms with E-state index in [9.17, 15) is 9.59 Å². The van der Waals surface area contributed by atoms with Crippen molar-refractivity contribution in [1.29, 1.82) is 0 Å². The number of hydrogen-bond donors (Lipinski definition) is 1. The number of aromatic nitrogens is 2. The van der Waals surface area contributed by atoms with Crippen LogP contribution in [0.2, 0.25) is 0 Å². The van der Waals surface area contributed by atoms with E-state index >= 15 is 0 Å². The Kier molecular flexibility index (Phi) is 5.85. The van der Waals surface area contributed by atoms with Crippen LogP contribution in [0.4, 0.5) is 0 Å². The summed E-state index contributed by atoms with van der Waals surface area (Å²) in [6, 6.07) is 0. The zero-order valence-electron chi connectivity index (χ0n) is 15.6. The molecule has 1 amide bonds. The summed E-state index contributed by atoms with van der Waals surface area (Å²) >= 11 is 3.22. The fourth-order valence-corrected chi connectivity index (χ4v) is 6.02. The maximum Gasteiger partial charge on any atom is 0.263 e. The summed E-state index contributed by atoms with van der Waals surface area (Å²) in [5.74, 6) is 0.649. The van der Waals surface area contributed by atoms with Crippen molar-refractivity contribution in [2.24, 2.45) is 0 Å². The van der Waals surface area contributed by atoms with Gasteiger partial charge in [-0.3, -0.25) is 14.2 Å². The number of thiophene rings is 1. The third-order valence-corrected chi connectivity index (χ3v) is 7.32. The summed E-state index contributed by atoms with van der Waals surface area (Å²) in [5, 5.41) is 4.38. The Morgan fingerprint density at radius 3 is 3.00 bits per heavy atom. The van der Waals surface area contributed by atoms with E-state index in [4.69, 9.17) is 9.72 Å². The largest absolute Gasteiger partial charge is 0.376 e. The average Bonchev–Trinajstić information content (AvgIpc) is 3.28. The van der Waals surface area contributed by atoms with Gasteiger partial charge in [-0.1, -0.05) is 11.8 Å². The predicted molar refractivity (Wildman–Crippen MR) is 109 cm³/mol. The molecule has 1 N–H and O–H groups in total. The minimum absolute atomic E-state index is 0.0401. The van der Waals surface area contributed by atoms with Gasteiger partial charge in [-0.25, -0.2) is 4.98 Å². The third-order valence-electron chi connectivity index (χ3n) is 5.16. The van der Waals surface area contributed by atoms with Crippen LogP contribution in [-0.4, -0.2) is 40.5 Å². The van der Waals surface area contributed by atoms with Crippen LogP contribution in [0.1, 0.15) is 43.0 Å². The second kappa shape index (κ2) is 8.32. The van der Waals surface area contributed by atoms with E-state index < -0.39 is 0 Å². The predicted octanol–water partition coefficient (Wildman–Crippen LogP) is 2.74. The number of ether oxygens (including phenoxy) is 1. The molecule has 27 heavy (non-hydrogen) atoms. The molecule has 1 fully saturated rings. The molecule has 0 spiro atoms. The van der Waals surface area contributed by atoms with E-state index in [1.54, 1.807) is 11.3 Å². The lowest BCUT2D eigenvalue weighted by Crippen LogP contribution is -2.29. The van der Waals surface area contributed by atoms with Crippen LogP contribution >= 0.6 is 23.1 Å². The van der Waals surface area contributed by atoms with Crippen molar-refractivity contribution in [2.75, 3.05) is 18.9 Å². The molecular weight excluding hydrogens is 382 g/mol. The number of amides is 1. The number of rotatable bonds is 6. The molecular formula is C19H25N3O3S2. The highest BCUT2D eigenvalue weighted by atomic mass is 32.2. The molecule has 0 radical (unpaired) electrons. The molecule has 0 aromatic carbocycles. The Balaban J connectivity index is 1.69. The van der Waals surface area contributed by atoms with Crippen molar-refractivity contribution in [1.82, 2.24) is 14.9 Å². The first-order valence-electron chi connectivity index (χ1n) is 9.67. The molecule has 1 saturated heterocycles. The van der Waals surface area contributed by atoms with Crippen molar-refractivity contribution in [3.8, 4) is 0 Å². The van der Waals surface area contributed by atoms with E-state index in [2.05, 4.69) is 5.32 Å². The number of aryl methyl sites for hydroxylation is 2. The molecule has 4 rings (SSSR count). The fraction of sp³-hybridized carbons (Fsp3) is 0.632. The number of carbonyl (C=O) groups excluding carboxylic acids is 1. The fourth-order valence-electron chi connectivity index (χ4n) is 3.85. The van der Waals surface area contributed by atoms with Gasteiger partial charge in [-0.15, -0.1) is 11.3 Å². The third kappa shape index (κ3) is 4.07. The lowest BCUT2D eigenvalue weighted by atomic mass is 9.97. The van der Waals surface area contributed by atoms with Gasteiger partial charge in [0.1, 0.15) is 4.83 Å². The van der Waals surface area contributed by atoms with Crippen LogP contribution in [-0.2, 0) is 28.9 Å². The Bertz CT molecular complexity index is 900. The van der Waals surface area contributed by atoms with Gasteiger partial charge in [-0.05, 0) is 44.1 Å². The highest BCUT2D eigenvalue weighted by molar-refractivity contribution is 7.99. The Morgan fingerprint density at radius 2 is 2.22 bits per heavy atom. The Hall–Kier alpha value is -1.38. The van der Waals surface area contributed by atoms with Crippen molar-refractivity contribution in [2.45, 2.75) is 63.3 Å². The number of nitrogens with one attached hydrogen (secondary N) is 1. The summed E-state index contributed by atoms with van der Waals surface area (Å²) in [7, 11) is 0. The molecule has 6 nitrogen and oxygen atoms in total. The molecule has 3 heterocycles. The maximum absolute atomic E-state index is 13.4. The van der Waals surface area contributed by atoms with Gasteiger partial charge in [0.25, 0.3) is 5.56 Å². The number of fused-ring (bicyclic) bond motifs is 3. The highest BCUT2D eigenvalue weighted by Gasteiger charge is 2.24. The van der Waals surface area contributed by atoms with E-state index in [1.165, 1.54) is 35.5 Å². The van der Waals surface area contributed by atoms with Crippen LogP contribution in [0.3, 0.4) is 0 Å². The second-order valence-corrected chi connectivity index (χ2v) is 9.31. The first-order valence-corrected chi connectivity index (χ1v) is 11.5. The maximum atomic E-state index is 13.4. The average molecular weight is 408 g/mol. The molecule has 8 heteroatoms. The Labute approximate surface area is 166 Å². The zero-order valence-corrected chi connectivity index (χ0v) is 17.2. The molecule has 2 aromatic heterocycles. The quantitative estimate of drug-likeness (QED) is 0.453. The smallest absolute Gasteiger partial charge is 0.263 e. The minimum atomic E-state index is -0.0401. The molecule has 2 aliphatic rings. The second-order valence-electron chi connectivity index (χ2n) is 7.17. The van der Waals surface area contributed by atoms with Crippen LogP contribution in [0, 0.1) is 0 Å². The monoisotopic (exact) mass is 407 g/mol. The van der Waals surface area contributed by atoms with E-state index in [0.29, 0.717) is 18.8 Å². The van der Waals surface area contributed by atoms with Crippen molar-refractivity contribution in [3.63, 3.8) is 0 Å². The number of thioether (sulfide) groups is 1. The van der Waals surface area contributed by atoms with E-state index in [0.717, 1.165) is 54.1 Å². The van der Waals surface area contributed by atoms with Gasteiger partial charge < -0.3 is 10.1 Å². The summed E-state index contributed by atoms with van der Waals surface area (Å²) < 4.78 is 7.60. The van der Waals surface area contributed by atoms with Gasteiger partial charge in [0.05, 0.1) is 18.0 Å². The lowest BCUT2D eigenvalue weighted by Gasteiger charge is -2.16. The highest BCUT2D eigenvalue weighted by Crippen LogP contribution is 2.34. The summed E-state index contributed by atoms with van der Waals surface area (Å²) in [6.07, 6.45) is 6.52. The van der Waals surface area contributed by atoms with E-state index in [-0.39, 0.29) is 17.6 Å². The summed E-state index contributed by atoms with van der Waals surface area (Å²) in [5.41, 5.74) is 1.31. The molecule has 2 aromatic rings. The van der Waals surface area contributed by atoms with Crippen LogP contribution in [0.15, 0.2) is 9.95 Å². The minimum Gasteiger partial charge on any atom is -0.376 e. The summed E-state index contributed by atoms with van der Waals surface area (Å²) in [4.78, 5) is 31.6. The number of nitrogens with zero attached hydrogens (tertiary/aromatic N) is 2. The lowest BCUT2D eigenvalue weighted by molar-refractivity contribution is -0.118. The van der Waals surface area contributed by atoms with Crippen LogP contribution < -0.4 is 10.9 Å². The molecule has 0 bridgehead atoms. The molecule has 0 saturated carbocycles. The first-order chi connectivity index (χ1) is 13.1. The Morgan fingerprint density at radius 1 is 1.37 bits per heavy atom. The topological polar surface area (TPSA) is 73.2 Å². The molecule has 1 aliphatic heterocycles. The van der Waals surface area contributed by atoms with Gasteiger partial charge in [0.15, 0.2) is 5.16 Å². The number of hydrogen-bond acceptors (Lipinski definition) is 6. The van der Waals surface area contributed by atoms with Gasteiger partial charge in [0.2, 0.25) is 5.91 Å². The summed E-state index contributed by atoms with van der Waals surface area (Å²) in [6.45, 7) is 3.41.